The maximum absolute atomic E-state index is 13.1. The van der Waals surface area contributed by atoms with E-state index in [4.69, 9.17) is 27.9 Å². The highest BCUT2D eigenvalue weighted by Crippen LogP contribution is 2.25. The van der Waals surface area contributed by atoms with Crippen LogP contribution in [0.4, 0.5) is 0 Å². The molecule has 2 rings (SSSR count). The number of carbonyl (C=O) groups excluding carboxylic acids is 2. The van der Waals surface area contributed by atoms with Crippen molar-refractivity contribution in [3.8, 4) is 5.75 Å². The summed E-state index contributed by atoms with van der Waals surface area (Å²) < 4.78 is 5.28. The van der Waals surface area contributed by atoms with E-state index in [2.05, 4.69) is 5.32 Å². The Balaban J connectivity index is 2.12. The average Bonchev–Trinajstić information content (AvgIpc) is 2.75. The Hall–Kier alpha value is -1.89. The van der Waals surface area contributed by atoms with E-state index >= 15 is 0 Å². The lowest BCUT2D eigenvalue weighted by Crippen LogP contribution is -2.48. The minimum absolute atomic E-state index is 0.0988. The summed E-state index contributed by atoms with van der Waals surface area (Å²) >= 11 is 13.5. The predicted molar refractivity (Wildman–Crippen MR) is 124 cm³/mol. The maximum Gasteiger partial charge on any atom is 0.242 e. The number of hydrogen-bond donors (Lipinski definition) is 1. The number of thioether (sulfide) groups is 1. The van der Waals surface area contributed by atoms with Gasteiger partial charge in [-0.15, -0.1) is 11.8 Å². The third-order valence-electron chi connectivity index (χ3n) is 4.60. The molecule has 0 saturated heterocycles. The first kappa shape index (κ1) is 24.4. The molecule has 0 aliphatic heterocycles. The number of hydrogen-bond acceptors (Lipinski definition) is 4. The normalized spacial score (nSPS) is 11.6. The molecule has 1 N–H and O–H groups in total. The lowest BCUT2D eigenvalue weighted by Gasteiger charge is -2.30. The lowest BCUT2D eigenvalue weighted by atomic mass is 10.1. The number of carbonyl (C=O) groups is 2. The molecule has 0 aliphatic rings. The Morgan fingerprint density at radius 3 is 2.53 bits per heavy atom. The van der Waals surface area contributed by atoms with Gasteiger partial charge in [0, 0.05) is 19.3 Å². The molecule has 0 aliphatic carbocycles. The van der Waals surface area contributed by atoms with Crippen LogP contribution >= 0.6 is 35.0 Å². The van der Waals surface area contributed by atoms with Gasteiger partial charge in [-0.3, -0.25) is 9.59 Å². The molecule has 162 valence electrons. The number of ether oxygens (including phenoxy) is 1. The standard InChI is InChI=1S/C22H26Cl2N2O3S/c1-4-20(22(28)25-2)26(12-15-6-5-7-17(10-15)29-3)21(27)14-30-13-16-8-9-18(23)19(24)11-16/h5-11,20H,4,12-14H2,1-3H3,(H,25,28). The van der Waals surface area contributed by atoms with Gasteiger partial charge in [0.15, 0.2) is 0 Å². The maximum atomic E-state index is 13.1. The molecule has 0 saturated carbocycles. The van der Waals surface area contributed by atoms with Crippen molar-refractivity contribution in [2.24, 2.45) is 0 Å². The van der Waals surface area contributed by atoms with Crippen LogP contribution in [0.3, 0.4) is 0 Å². The molecule has 0 heterocycles. The molecule has 0 fully saturated rings. The second kappa shape index (κ2) is 12.1. The number of benzene rings is 2. The summed E-state index contributed by atoms with van der Waals surface area (Å²) in [6, 6.07) is 12.4. The van der Waals surface area contributed by atoms with Gasteiger partial charge < -0.3 is 15.0 Å². The van der Waals surface area contributed by atoms with Crippen LogP contribution in [0.5, 0.6) is 5.75 Å². The number of methoxy groups -OCH3 is 1. The molecular weight excluding hydrogens is 443 g/mol. The number of rotatable bonds is 10. The number of likely N-dealkylation sites (N-methyl/N-ethyl adjacent to an activating group) is 1. The van der Waals surface area contributed by atoms with E-state index in [1.54, 1.807) is 31.2 Å². The van der Waals surface area contributed by atoms with E-state index in [-0.39, 0.29) is 17.6 Å². The molecule has 30 heavy (non-hydrogen) atoms. The monoisotopic (exact) mass is 468 g/mol. The second-order valence-corrected chi connectivity index (χ2v) is 8.45. The zero-order valence-corrected chi connectivity index (χ0v) is 19.6. The molecule has 5 nitrogen and oxygen atoms in total. The van der Waals surface area contributed by atoms with Crippen molar-refractivity contribution < 1.29 is 14.3 Å². The van der Waals surface area contributed by atoms with Crippen LogP contribution in [-0.4, -0.2) is 42.7 Å². The van der Waals surface area contributed by atoms with Gasteiger partial charge in [-0.25, -0.2) is 0 Å². The van der Waals surface area contributed by atoms with Crippen molar-refractivity contribution in [2.45, 2.75) is 31.7 Å². The van der Waals surface area contributed by atoms with Gasteiger partial charge >= 0.3 is 0 Å². The van der Waals surface area contributed by atoms with Crippen molar-refractivity contribution >= 4 is 46.8 Å². The molecule has 1 unspecified atom stereocenters. The highest BCUT2D eigenvalue weighted by Gasteiger charge is 2.27. The minimum atomic E-state index is -0.542. The Bertz CT molecular complexity index is 879. The summed E-state index contributed by atoms with van der Waals surface area (Å²) in [5, 5.41) is 3.66. The van der Waals surface area contributed by atoms with Crippen LogP contribution < -0.4 is 10.1 Å². The minimum Gasteiger partial charge on any atom is -0.497 e. The van der Waals surface area contributed by atoms with Gasteiger partial charge in [0.1, 0.15) is 11.8 Å². The van der Waals surface area contributed by atoms with E-state index in [9.17, 15) is 9.59 Å². The summed E-state index contributed by atoms with van der Waals surface area (Å²) in [7, 11) is 3.18. The van der Waals surface area contributed by atoms with Crippen molar-refractivity contribution in [3.63, 3.8) is 0 Å². The average molecular weight is 469 g/mol. The highest BCUT2D eigenvalue weighted by molar-refractivity contribution is 7.99. The largest absolute Gasteiger partial charge is 0.497 e. The molecule has 0 radical (unpaired) electrons. The van der Waals surface area contributed by atoms with Crippen LogP contribution in [0.1, 0.15) is 24.5 Å². The van der Waals surface area contributed by atoms with Gasteiger partial charge in [0.05, 0.1) is 22.9 Å². The van der Waals surface area contributed by atoms with Crippen molar-refractivity contribution in [1.82, 2.24) is 10.2 Å². The van der Waals surface area contributed by atoms with E-state index in [1.807, 2.05) is 37.3 Å². The molecule has 0 bridgehead atoms. The fraction of sp³-hybridized carbons (Fsp3) is 0.364. The fourth-order valence-corrected chi connectivity index (χ4v) is 4.20. The van der Waals surface area contributed by atoms with Crippen LogP contribution in [0.25, 0.3) is 0 Å². The summed E-state index contributed by atoms with van der Waals surface area (Å²) in [5.41, 5.74) is 1.89. The predicted octanol–water partition coefficient (Wildman–Crippen LogP) is 4.79. The molecule has 1 atom stereocenters. The smallest absolute Gasteiger partial charge is 0.242 e. The molecular formula is C22H26Cl2N2O3S. The SMILES string of the molecule is CCC(C(=O)NC)N(Cc1cccc(OC)c1)C(=O)CSCc1ccc(Cl)c(Cl)c1. The first-order chi connectivity index (χ1) is 14.4. The zero-order chi connectivity index (χ0) is 22.1. The van der Waals surface area contributed by atoms with Crippen molar-refractivity contribution in [1.29, 1.82) is 0 Å². The van der Waals surface area contributed by atoms with E-state index < -0.39 is 6.04 Å². The third kappa shape index (κ3) is 6.83. The van der Waals surface area contributed by atoms with Gasteiger partial charge in [-0.2, -0.15) is 0 Å². The lowest BCUT2D eigenvalue weighted by molar-refractivity contribution is -0.139. The van der Waals surface area contributed by atoms with Gasteiger partial charge in [-0.05, 0) is 41.8 Å². The van der Waals surface area contributed by atoms with Crippen LogP contribution in [0.2, 0.25) is 10.0 Å². The van der Waals surface area contributed by atoms with Crippen LogP contribution in [0, 0.1) is 0 Å². The van der Waals surface area contributed by atoms with E-state index in [1.165, 1.54) is 11.8 Å². The van der Waals surface area contributed by atoms with Crippen LogP contribution in [-0.2, 0) is 21.9 Å². The quantitative estimate of drug-likeness (QED) is 0.544. The number of nitrogens with zero attached hydrogens (tertiary/aromatic N) is 1. The summed E-state index contributed by atoms with van der Waals surface area (Å²) in [5.74, 6) is 1.30. The highest BCUT2D eigenvalue weighted by atomic mass is 35.5. The van der Waals surface area contributed by atoms with Gasteiger partial charge in [0.2, 0.25) is 11.8 Å². The van der Waals surface area contributed by atoms with Gasteiger partial charge in [0.25, 0.3) is 0 Å². The van der Waals surface area contributed by atoms with E-state index in [0.717, 1.165) is 11.1 Å². The number of nitrogens with one attached hydrogen (secondary N) is 1. The topological polar surface area (TPSA) is 58.6 Å². The molecule has 2 amide bonds. The molecule has 2 aromatic rings. The molecule has 2 aromatic carbocycles. The fourth-order valence-electron chi connectivity index (χ4n) is 3.02. The Morgan fingerprint density at radius 1 is 1.13 bits per heavy atom. The first-order valence-electron chi connectivity index (χ1n) is 9.55. The second-order valence-electron chi connectivity index (χ2n) is 6.65. The summed E-state index contributed by atoms with van der Waals surface area (Å²) in [4.78, 5) is 27.1. The van der Waals surface area contributed by atoms with Gasteiger partial charge in [-0.1, -0.05) is 48.3 Å². The van der Waals surface area contributed by atoms with Crippen molar-refractivity contribution in [3.05, 3.63) is 63.6 Å². The summed E-state index contributed by atoms with van der Waals surface area (Å²) in [6.07, 6.45) is 0.521. The van der Waals surface area contributed by atoms with Crippen LogP contribution in [0.15, 0.2) is 42.5 Å². The zero-order valence-electron chi connectivity index (χ0n) is 17.3. The first-order valence-corrected chi connectivity index (χ1v) is 11.5. The Morgan fingerprint density at radius 2 is 1.90 bits per heavy atom. The summed E-state index contributed by atoms with van der Waals surface area (Å²) in [6.45, 7) is 2.23. The van der Waals surface area contributed by atoms with Crippen molar-refractivity contribution in [2.75, 3.05) is 19.9 Å². The number of amides is 2. The third-order valence-corrected chi connectivity index (χ3v) is 6.33. The molecule has 8 heteroatoms. The Kier molecular flexibility index (Phi) is 9.82. The van der Waals surface area contributed by atoms with E-state index in [0.29, 0.717) is 34.5 Å². The molecule has 0 aromatic heterocycles. The number of halogens is 2. The molecule has 0 spiro atoms. The Labute approximate surface area is 192 Å².